The van der Waals surface area contributed by atoms with Crippen molar-refractivity contribution in [3.63, 3.8) is 0 Å². The van der Waals surface area contributed by atoms with E-state index in [4.69, 9.17) is 0 Å². The van der Waals surface area contributed by atoms with Gasteiger partial charge in [-0.1, -0.05) is 0 Å². The van der Waals surface area contributed by atoms with Gasteiger partial charge in [-0.25, -0.2) is 5.11 Å². The summed E-state index contributed by atoms with van der Waals surface area (Å²) in [7, 11) is 0. The molecule has 2 aliphatic heterocycles. The minimum absolute atomic E-state index is 0.123. The number of hydrogen-bond donors (Lipinski definition) is 0. The van der Waals surface area contributed by atoms with Gasteiger partial charge in [0.15, 0.2) is 0 Å². The topological polar surface area (TPSA) is 26.4 Å². The van der Waals surface area contributed by atoms with E-state index in [0.717, 1.165) is 12.3 Å². The quantitative estimate of drug-likeness (QED) is 0.710. The fraction of sp³-hybridized carbons (Fsp3) is 1.00. The van der Waals surface area contributed by atoms with Crippen LogP contribution in [0, 0.1) is 5.92 Å². The summed E-state index contributed by atoms with van der Waals surface area (Å²) in [5, 5.41) is 10.6. The van der Waals surface area contributed by atoms with Crippen molar-refractivity contribution >= 4 is 0 Å². The minimum atomic E-state index is 0.123. The lowest BCUT2D eigenvalue weighted by Gasteiger charge is -2.32. The van der Waals surface area contributed by atoms with Crippen LogP contribution in [0.5, 0.6) is 0 Å². The molecule has 2 rings (SSSR count). The van der Waals surface area contributed by atoms with Crippen LogP contribution in [0.1, 0.15) is 32.1 Å². The first kappa shape index (κ1) is 12.3. The van der Waals surface area contributed by atoms with Gasteiger partial charge in [0.1, 0.15) is 0 Å². The van der Waals surface area contributed by atoms with Crippen molar-refractivity contribution in [3.05, 3.63) is 0 Å². The normalized spacial score (nSPS) is 25.3. The molecule has 0 N–H and O–H groups in total. The van der Waals surface area contributed by atoms with Gasteiger partial charge in [0.05, 0.1) is 6.61 Å². The molecular weight excluding hydrogens is 200 g/mol. The molecule has 0 aromatic rings. The minimum Gasteiger partial charge on any atom is -0.302 e. The number of likely N-dealkylation sites (tertiary alicyclic amines) is 2. The molecule has 0 aliphatic carbocycles. The molecule has 2 heterocycles. The summed E-state index contributed by atoms with van der Waals surface area (Å²) in [6.45, 7) is 7.69. The SMILES string of the molecule is [O]CCC1CCN(CCN2CCCC2)CC1. The fourth-order valence-corrected chi connectivity index (χ4v) is 2.95. The molecule has 93 valence electrons. The molecular formula is C13H25N2O. The van der Waals surface area contributed by atoms with E-state index in [1.165, 1.54) is 65.0 Å². The third-order valence-electron chi connectivity index (χ3n) is 4.16. The van der Waals surface area contributed by atoms with Crippen molar-refractivity contribution in [3.8, 4) is 0 Å². The van der Waals surface area contributed by atoms with Crippen LogP contribution in [0.15, 0.2) is 0 Å². The van der Waals surface area contributed by atoms with Gasteiger partial charge in [-0.3, -0.25) is 0 Å². The molecule has 0 amide bonds. The van der Waals surface area contributed by atoms with Crippen LogP contribution in [-0.4, -0.2) is 55.7 Å². The van der Waals surface area contributed by atoms with Crippen molar-refractivity contribution < 1.29 is 5.11 Å². The van der Waals surface area contributed by atoms with Gasteiger partial charge in [0.2, 0.25) is 0 Å². The maximum Gasteiger partial charge on any atom is 0.0825 e. The zero-order valence-corrected chi connectivity index (χ0v) is 10.4. The Morgan fingerprint density at radius 2 is 1.44 bits per heavy atom. The monoisotopic (exact) mass is 225 g/mol. The van der Waals surface area contributed by atoms with Crippen molar-refractivity contribution in [1.29, 1.82) is 0 Å². The van der Waals surface area contributed by atoms with Crippen molar-refractivity contribution in [1.82, 2.24) is 9.80 Å². The fourth-order valence-electron chi connectivity index (χ4n) is 2.95. The Hall–Kier alpha value is -0.120. The summed E-state index contributed by atoms with van der Waals surface area (Å²) in [6, 6.07) is 0. The van der Waals surface area contributed by atoms with Crippen molar-refractivity contribution in [2.75, 3.05) is 45.9 Å². The predicted molar refractivity (Wildman–Crippen MR) is 65.0 cm³/mol. The largest absolute Gasteiger partial charge is 0.302 e. The number of rotatable bonds is 5. The molecule has 0 spiro atoms. The molecule has 2 aliphatic rings. The van der Waals surface area contributed by atoms with Crippen LogP contribution in [0.4, 0.5) is 0 Å². The molecule has 2 saturated heterocycles. The average molecular weight is 225 g/mol. The number of nitrogens with zero attached hydrogens (tertiary/aromatic N) is 2. The van der Waals surface area contributed by atoms with Gasteiger partial charge in [-0.05, 0) is 64.2 Å². The maximum absolute atomic E-state index is 10.6. The standard InChI is InChI=1S/C13H25N2O/c16-12-5-13-3-8-15(9-4-13)11-10-14-6-1-2-7-14/h13H,1-12H2. The van der Waals surface area contributed by atoms with Crippen molar-refractivity contribution in [2.24, 2.45) is 5.92 Å². The van der Waals surface area contributed by atoms with Gasteiger partial charge in [0, 0.05) is 13.1 Å². The Kier molecular flexibility index (Phi) is 5.07. The molecule has 3 nitrogen and oxygen atoms in total. The summed E-state index contributed by atoms with van der Waals surface area (Å²) in [5.41, 5.74) is 0. The van der Waals surface area contributed by atoms with E-state index >= 15 is 0 Å². The first-order valence-electron chi connectivity index (χ1n) is 6.91. The molecule has 0 aromatic heterocycles. The molecule has 0 bridgehead atoms. The number of hydrogen-bond acceptors (Lipinski definition) is 2. The second-order valence-corrected chi connectivity index (χ2v) is 5.33. The van der Waals surface area contributed by atoms with Crippen LogP contribution < -0.4 is 0 Å². The van der Waals surface area contributed by atoms with Gasteiger partial charge in [0.25, 0.3) is 0 Å². The first-order valence-corrected chi connectivity index (χ1v) is 6.91. The third-order valence-corrected chi connectivity index (χ3v) is 4.16. The van der Waals surface area contributed by atoms with E-state index in [1.54, 1.807) is 0 Å². The molecule has 3 heteroatoms. The van der Waals surface area contributed by atoms with Crippen LogP contribution in [0.2, 0.25) is 0 Å². The van der Waals surface area contributed by atoms with E-state index in [2.05, 4.69) is 9.80 Å². The Morgan fingerprint density at radius 3 is 2.00 bits per heavy atom. The lowest BCUT2D eigenvalue weighted by atomic mass is 9.94. The second-order valence-electron chi connectivity index (χ2n) is 5.33. The second kappa shape index (κ2) is 6.58. The van der Waals surface area contributed by atoms with E-state index in [-0.39, 0.29) is 6.61 Å². The lowest BCUT2D eigenvalue weighted by Crippen LogP contribution is -2.39. The van der Waals surface area contributed by atoms with Crippen LogP contribution in [0.25, 0.3) is 0 Å². The highest BCUT2D eigenvalue weighted by atomic mass is 16.3. The van der Waals surface area contributed by atoms with E-state index in [0.29, 0.717) is 0 Å². The molecule has 0 saturated carbocycles. The van der Waals surface area contributed by atoms with Crippen LogP contribution in [-0.2, 0) is 5.11 Å². The summed E-state index contributed by atoms with van der Waals surface area (Å²) in [5.74, 6) is 0.723. The summed E-state index contributed by atoms with van der Waals surface area (Å²) in [6.07, 6.45) is 6.20. The van der Waals surface area contributed by atoms with Gasteiger partial charge in [-0.2, -0.15) is 0 Å². The Bertz CT molecular complexity index is 184. The average Bonchev–Trinajstić information content (AvgIpc) is 2.82. The number of piperidine rings is 1. The molecule has 0 atom stereocenters. The molecule has 0 aromatic carbocycles. The van der Waals surface area contributed by atoms with Crippen molar-refractivity contribution in [2.45, 2.75) is 32.1 Å². The summed E-state index contributed by atoms with van der Waals surface area (Å²) >= 11 is 0. The first-order chi connectivity index (χ1) is 7.88. The molecule has 16 heavy (non-hydrogen) atoms. The molecule has 2 fully saturated rings. The smallest absolute Gasteiger partial charge is 0.0825 e. The lowest BCUT2D eigenvalue weighted by molar-refractivity contribution is 0.124. The maximum atomic E-state index is 10.6. The van der Waals surface area contributed by atoms with E-state index in [1.807, 2.05) is 0 Å². The van der Waals surface area contributed by atoms with E-state index in [9.17, 15) is 5.11 Å². The molecule has 0 unspecified atom stereocenters. The van der Waals surface area contributed by atoms with Crippen LogP contribution in [0.3, 0.4) is 0 Å². The Labute approximate surface area is 99.4 Å². The van der Waals surface area contributed by atoms with Gasteiger partial charge in [-0.15, -0.1) is 0 Å². The van der Waals surface area contributed by atoms with Crippen LogP contribution >= 0.6 is 0 Å². The highest BCUT2D eigenvalue weighted by Gasteiger charge is 2.19. The summed E-state index contributed by atoms with van der Waals surface area (Å²) in [4.78, 5) is 5.17. The van der Waals surface area contributed by atoms with Gasteiger partial charge >= 0.3 is 0 Å². The Morgan fingerprint density at radius 1 is 0.875 bits per heavy atom. The third kappa shape index (κ3) is 3.72. The predicted octanol–water partition coefficient (Wildman–Crippen LogP) is 1.61. The highest BCUT2D eigenvalue weighted by molar-refractivity contribution is 4.74. The highest BCUT2D eigenvalue weighted by Crippen LogP contribution is 2.20. The zero-order valence-electron chi connectivity index (χ0n) is 10.4. The Balaban J connectivity index is 1.57. The zero-order chi connectivity index (χ0) is 11.2. The summed E-state index contributed by atoms with van der Waals surface area (Å²) < 4.78 is 0. The van der Waals surface area contributed by atoms with Gasteiger partial charge < -0.3 is 9.80 Å². The van der Waals surface area contributed by atoms with E-state index < -0.39 is 0 Å². The molecule has 1 radical (unpaired) electrons.